The molecule has 0 bridgehead atoms. The second-order valence-corrected chi connectivity index (χ2v) is 12.3. The summed E-state index contributed by atoms with van der Waals surface area (Å²) >= 11 is 6.07. The summed E-state index contributed by atoms with van der Waals surface area (Å²) in [6.07, 6.45) is -0.279. The number of Topliss-reactive ketones (excluding diaryl/α,β-unsaturated/α-hetero) is 2. The maximum Gasteiger partial charge on any atom is 0.361 e. The summed E-state index contributed by atoms with van der Waals surface area (Å²) < 4.78 is 54.9. The van der Waals surface area contributed by atoms with Gasteiger partial charge >= 0.3 is 7.60 Å². The Kier molecular flexibility index (Phi) is 9.80. The van der Waals surface area contributed by atoms with E-state index in [1.54, 1.807) is 48.9 Å². The number of ketones is 2. The highest BCUT2D eigenvalue weighted by Gasteiger charge is 2.39. The Morgan fingerprint density at radius 3 is 2.46 bits per heavy atom. The topological polar surface area (TPSA) is 94.9 Å². The quantitative estimate of drug-likeness (QED) is 0.194. The third-order valence-corrected chi connectivity index (χ3v) is 9.42. The standard InChI is InChI=1S/C29H32ClF2N2O6P/c1-4-39-41(38,40-5-2)21-12-19(29(32)24(30)14-21)10-11-27(36)26-13-20(31)15-34(26)28(37)17-33-16-23(18(3)35)22-8-6-7-9-25(22)33/h6-9,12,14,16,20,26H,4-5,10-11,13,15,17H2,1-3H3/t20-,26+/m1/s1. The van der Waals surface area contributed by atoms with Crippen LogP contribution >= 0.6 is 19.2 Å². The number of carbonyl (C=O) groups is 3. The molecule has 1 aliphatic heterocycles. The summed E-state index contributed by atoms with van der Waals surface area (Å²) in [6.45, 7) is 4.48. The maximum absolute atomic E-state index is 14.9. The minimum absolute atomic E-state index is 0.0312. The van der Waals surface area contributed by atoms with E-state index >= 15 is 0 Å². The van der Waals surface area contributed by atoms with Gasteiger partial charge in [-0.15, -0.1) is 0 Å². The van der Waals surface area contributed by atoms with E-state index in [0.29, 0.717) is 16.5 Å². The predicted octanol–water partition coefficient (Wildman–Crippen LogP) is 5.67. The van der Waals surface area contributed by atoms with E-state index in [-0.39, 0.29) is 67.2 Å². The van der Waals surface area contributed by atoms with Crippen LogP contribution in [0.15, 0.2) is 42.6 Å². The number of nitrogens with zero attached hydrogens (tertiary/aromatic N) is 2. The van der Waals surface area contributed by atoms with Crippen LogP contribution in [0.4, 0.5) is 8.78 Å². The maximum atomic E-state index is 14.9. The van der Waals surface area contributed by atoms with Crippen molar-refractivity contribution in [1.82, 2.24) is 9.47 Å². The van der Waals surface area contributed by atoms with E-state index in [4.69, 9.17) is 20.6 Å². The van der Waals surface area contributed by atoms with E-state index in [1.165, 1.54) is 24.0 Å². The lowest BCUT2D eigenvalue weighted by Crippen LogP contribution is -2.42. The second kappa shape index (κ2) is 12.9. The van der Waals surface area contributed by atoms with Gasteiger partial charge in [-0.2, -0.15) is 0 Å². The Labute approximate surface area is 242 Å². The first kappa shape index (κ1) is 31.0. The van der Waals surface area contributed by atoms with Crippen LogP contribution in [0.5, 0.6) is 0 Å². The van der Waals surface area contributed by atoms with Crippen LogP contribution in [0.3, 0.4) is 0 Å². The summed E-state index contributed by atoms with van der Waals surface area (Å²) in [6, 6.07) is 8.61. The largest absolute Gasteiger partial charge is 0.361 e. The Balaban J connectivity index is 1.52. The fourth-order valence-corrected chi connectivity index (χ4v) is 7.15. The summed E-state index contributed by atoms with van der Waals surface area (Å²) in [5.41, 5.74) is 1.17. The molecule has 12 heteroatoms. The summed E-state index contributed by atoms with van der Waals surface area (Å²) in [5.74, 6) is -1.82. The third kappa shape index (κ3) is 6.61. The number of amides is 1. The smallest absolute Gasteiger partial charge is 0.337 e. The first-order valence-corrected chi connectivity index (χ1v) is 15.3. The van der Waals surface area contributed by atoms with Gasteiger partial charge in [0.1, 0.15) is 18.5 Å². The molecule has 8 nitrogen and oxygen atoms in total. The monoisotopic (exact) mass is 608 g/mol. The molecule has 1 fully saturated rings. The minimum Gasteiger partial charge on any atom is -0.337 e. The van der Waals surface area contributed by atoms with Gasteiger partial charge in [0.15, 0.2) is 11.6 Å². The molecule has 1 saturated heterocycles. The number of fused-ring (bicyclic) bond motifs is 1. The zero-order chi connectivity index (χ0) is 29.9. The highest BCUT2D eigenvalue weighted by Crippen LogP contribution is 2.47. The van der Waals surface area contributed by atoms with Gasteiger partial charge in [0.2, 0.25) is 5.91 Å². The molecular formula is C29H32ClF2N2O6P. The number of likely N-dealkylation sites (tertiary alicyclic amines) is 1. The number of para-hydroxylation sites is 1. The highest BCUT2D eigenvalue weighted by atomic mass is 35.5. The lowest BCUT2D eigenvalue weighted by atomic mass is 10.0. The normalized spacial score (nSPS) is 17.4. The lowest BCUT2D eigenvalue weighted by Gasteiger charge is -2.24. The molecule has 1 amide bonds. The molecule has 0 N–H and O–H groups in total. The van der Waals surface area contributed by atoms with Crippen molar-refractivity contribution in [3.63, 3.8) is 0 Å². The third-order valence-electron chi connectivity index (χ3n) is 7.06. The first-order valence-electron chi connectivity index (χ1n) is 13.4. The molecule has 1 aromatic heterocycles. The van der Waals surface area contributed by atoms with Crippen molar-refractivity contribution in [2.45, 2.75) is 58.8 Å². The zero-order valence-corrected chi connectivity index (χ0v) is 24.7. The van der Waals surface area contributed by atoms with Gasteiger partial charge in [-0.3, -0.25) is 18.9 Å². The van der Waals surface area contributed by atoms with Gasteiger partial charge in [0.05, 0.1) is 36.1 Å². The van der Waals surface area contributed by atoms with E-state index in [2.05, 4.69) is 0 Å². The number of halogens is 3. The van der Waals surface area contributed by atoms with E-state index < -0.39 is 37.3 Å². The molecule has 0 radical (unpaired) electrons. The summed E-state index contributed by atoms with van der Waals surface area (Å²) in [4.78, 5) is 39.9. The summed E-state index contributed by atoms with van der Waals surface area (Å²) in [7, 11) is -3.76. The fourth-order valence-electron chi connectivity index (χ4n) is 5.18. The lowest BCUT2D eigenvalue weighted by molar-refractivity contribution is -0.138. The van der Waals surface area contributed by atoms with Crippen LogP contribution in [0.2, 0.25) is 5.02 Å². The Bertz CT molecular complexity index is 1520. The Morgan fingerprint density at radius 1 is 1.12 bits per heavy atom. The van der Waals surface area contributed by atoms with Crippen LogP contribution in [0, 0.1) is 5.82 Å². The van der Waals surface area contributed by atoms with E-state index in [9.17, 15) is 27.7 Å². The number of aryl methyl sites for hydroxylation is 1. The number of benzene rings is 2. The molecule has 0 spiro atoms. The van der Waals surface area contributed by atoms with Gasteiger partial charge in [0, 0.05) is 35.5 Å². The number of carbonyl (C=O) groups excluding carboxylic acids is 3. The molecule has 2 aromatic carbocycles. The molecule has 220 valence electrons. The SMILES string of the molecule is CCOP(=O)(OCC)c1cc(Cl)c(F)c(CCC(=O)[C@@H]2C[C@@H](F)CN2C(=O)Cn2cc(C(C)=O)c3ccccc32)c1. The highest BCUT2D eigenvalue weighted by molar-refractivity contribution is 7.62. The van der Waals surface area contributed by atoms with Crippen LogP contribution in [0.25, 0.3) is 10.9 Å². The number of alkyl halides is 1. The molecule has 1 aliphatic rings. The molecule has 0 saturated carbocycles. The van der Waals surface area contributed by atoms with Crippen molar-refractivity contribution in [1.29, 1.82) is 0 Å². The number of hydrogen-bond donors (Lipinski definition) is 0. The van der Waals surface area contributed by atoms with Gasteiger partial charge in [-0.1, -0.05) is 29.8 Å². The Hall–Kier alpha value is -2.91. The molecule has 2 atom stereocenters. The first-order chi connectivity index (χ1) is 19.5. The molecule has 41 heavy (non-hydrogen) atoms. The molecule has 0 unspecified atom stereocenters. The van der Waals surface area contributed by atoms with Gasteiger partial charge < -0.3 is 18.5 Å². The van der Waals surface area contributed by atoms with Crippen molar-refractivity contribution in [3.05, 3.63) is 64.6 Å². The predicted molar refractivity (Wildman–Crippen MR) is 152 cm³/mol. The number of hydrogen-bond acceptors (Lipinski definition) is 6. The van der Waals surface area contributed by atoms with Crippen molar-refractivity contribution in [2.75, 3.05) is 19.8 Å². The fraction of sp³-hybridized carbons (Fsp3) is 0.414. The molecule has 0 aliphatic carbocycles. The average molecular weight is 609 g/mol. The second-order valence-electron chi connectivity index (χ2n) is 9.84. The number of rotatable bonds is 12. The molecular weight excluding hydrogens is 577 g/mol. The minimum atomic E-state index is -3.76. The summed E-state index contributed by atoms with van der Waals surface area (Å²) in [5, 5.41) is 0.474. The van der Waals surface area contributed by atoms with Gasteiger partial charge in [-0.05, 0) is 51.0 Å². The average Bonchev–Trinajstić information content (AvgIpc) is 3.50. The van der Waals surface area contributed by atoms with Crippen LogP contribution in [0.1, 0.15) is 49.5 Å². The van der Waals surface area contributed by atoms with Crippen LogP contribution in [-0.2, 0) is 36.2 Å². The van der Waals surface area contributed by atoms with Crippen molar-refractivity contribution < 1.29 is 36.8 Å². The Morgan fingerprint density at radius 2 is 1.80 bits per heavy atom. The zero-order valence-electron chi connectivity index (χ0n) is 23.1. The van der Waals surface area contributed by atoms with Crippen molar-refractivity contribution >= 4 is 52.9 Å². The molecule has 4 rings (SSSR count). The van der Waals surface area contributed by atoms with Crippen LogP contribution < -0.4 is 5.30 Å². The van der Waals surface area contributed by atoms with Crippen LogP contribution in [-0.4, -0.2) is 58.9 Å². The van der Waals surface area contributed by atoms with Crippen molar-refractivity contribution in [3.8, 4) is 0 Å². The number of aromatic nitrogens is 1. The molecule has 2 heterocycles. The van der Waals surface area contributed by atoms with Crippen molar-refractivity contribution in [2.24, 2.45) is 0 Å². The molecule has 3 aromatic rings. The van der Waals surface area contributed by atoms with Gasteiger partial charge in [0.25, 0.3) is 0 Å². The van der Waals surface area contributed by atoms with E-state index in [1.807, 2.05) is 0 Å². The van der Waals surface area contributed by atoms with Gasteiger partial charge in [-0.25, -0.2) is 8.78 Å². The van der Waals surface area contributed by atoms with E-state index in [0.717, 1.165) is 0 Å².